The van der Waals surface area contributed by atoms with Crippen molar-refractivity contribution in [2.45, 2.75) is 3.79 Å². The van der Waals surface area contributed by atoms with E-state index in [9.17, 15) is 4.79 Å². The van der Waals surface area contributed by atoms with Crippen molar-refractivity contribution in [2.75, 3.05) is 6.61 Å². The van der Waals surface area contributed by atoms with Crippen molar-refractivity contribution in [3.63, 3.8) is 0 Å². The van der Waals surface area contributed by atoms with Gasteiger partial charge >= 0.3 is 5.97 Å². The van der Waals surface area contributed by atoms with E-state index in [4.69, 9.17) is 39.5 Å². The van der Waals surface area contributed by atoms with E-state index in [1.807, 2.05) is 0 Å². The van der Waals surface area contributed by atoms with E-state index in [2.05, 4.69) is 4.98 Å². The Morgan fingerprint density at radius 2 is 2.29 bits per heavy atom. The Balaban J connectivity index is 2.56. The van der Waals surface area contributed by atoms with Gasteiger partial charge in [0.1, 0.15) is 6.61 Å². The van der Waals surface area contributed by atoms with Gasteiger partial charge in [0.2, 0.25) is 9.62 Å². The molecular weight excluding hydrogens is 250 g/mol. The molecule has 0 aliphatic rings. The van der Waals surface area contributed by atoms with Gasteiger partial charge in [-0.3, -0.25) is 0 Å². The SMILES string of the molecule is Cn1ccnc1C(=O)OCC(Cl)(Cl)Cl. The zero-order chi connectivity index (χ0) is 10.8. The molecule has 0 saturated heterocycles. The van der Waals surface area contributed by atoms with Crippen LogP contribution < -0.4 is 0 Å². The Bertz CT molecular complexity index is 332. The minimum atomic E-state index is -1.60. The highest BCUT2D eigenvalue weighted by Crippen LogP contribution is 2.26. The first-order chi connectivity index (χ1) is 6.40. The minimum Gasteiger partial charge on any atom is -0.455 e. The molecule has 1 rings (SSSR count). The van der Waals surface area contributed by atoms with Gasteiger partial charge in [-0.05, 0) is 0 Å². The van der Waals surface area contributed by atoms with Crippen LogP contribution in [-0.2, 0) is 11.8 Å². The molecule has 0 bridgehead atoms. The van der Waals surface area contributed by atoms with Crippen LogP contribution in [-0.4, -0.2) is 25.9 Å². The third-order valence-corrected chi connectivity index (χ3v) is 1.70. The van der Waals surface area contributed by atoms with Gasteiger partial charge in [0.25, 0.3) is 0 Å². The number of halogens is 3. The van der Waals surface area contributed by atoms with Crippen molar-refractivity contribution >= 4 is 40.8 Å². The number of ether oxygens (including phenoxy) is 1. The van der Waals surface area contributed by atoms with Crippen molar-refractivity contribution in [3.8, 4) is 0 Å². The Morgan fingerprint density at radius 1 is 1.64 bits per heavy atom. The van der Waals surface area contributed by atoms with Crippen LogP contribution in [0.1, 0.15) is 10.6 Å². The second kappa shape index (κ2) is 4.38. The van der Waals surface area contributed by atoms with E-state index in [0.29, 0.717) is 0 Å². The molecular formula is C7H7Cl3N2O2. The molecule has 1 aromatic heterocycles. The first-order valence-electron chi connectivity index (χ1n) is 3.61. The van der Waals surface area contributed by atoms with Gasteiger partial charge in [-0.25, -0.2) is 9.78 Å². The second-order valence-electron chi connectivity index (χ2n) is 2.55. The fraction of sp³-hybridized carbons (Fsp3) is 0.429. The van der Waals surface area contributed by atoms with Crippen molar-refractivity contribution in [3.05, 3.63) is 18.2 Å². The predicted molar refractivity (Wildman–Crippen MR) is 53.8 cm³/mol. The molecule has 0 aliphatic heterocycles. The van der Waals surface area contributed by atoms with Gasteiger partial charge in [0.05, 0.1) is 0 Å². The van der Waals surface area contributed by atoms with Gasteiger partial charge < -0.3 is 9.30 Å². The number of carbonyl (C=O) groups is 1. The van der Waals surface area contributed by atoms with Gasteiger partial charge in [0.15, 0.2) is 0 Å². The number of rotatable bonds is 2. The molecule has 4 nitrogen and oxygen atoms in total. The molecule has 0 unspecified atom stereocenters. The summed E-state index contributed by atoms with van der Waals surface area (Å²) in [5.41, 5.74) is 0. The fourth-order valence-electron chi connectivity index (χ4n) is 0.774. The Labute approximate surface area is 95.7 Å². The number of hydrogen-bond donors (Lipinski definition) is 0. The normalized spacial score (nSPS) is 11.4. The number of aromatic nitrogens is 2. The van der Waals surface area contributed by atoms with Crippen LogP contribution >= 0.6 is 34.8 Å². The van der Waals surface area contributed by atoms with E-state index < -0.39 is 9.76 Å². The van der Waals surface area contributed by atoms with Gasteiger partial charge in [0, 0.05) is 19.4 Å². The van der Waals surface area contributed by atoms with E-state index in [0.717, 1.165) is 0 Å². The summed E-state index contributed by atoms with van der Waals surface area (Å²) >= 11 is 16.2. The molecule has 14 heavy (non-hydrogen) atoms. The van der Waals surface area contributed by atoms with Crippen molar-refractivity contribution in [2.24, 2.45) is 7.05 Å². The maximum absolute atomic E-state index is 11.3. The van der Waals surface area contributed by atoms with Crippen LogP contribution in [0, 0.1) is 0 Å². The van der Waals surface area contributed by atoms with Crippen LogP contribution in [0.5, 0.6) is 0 Å². The number of aryl methyl sites for hydroxylation is 1. The molecule has 1 aromatic rings. The molecule has 1 heterocycles. The number of nitrogens with zero attached hydrogens (tertiary/aromatic N) is 2. The monoisotopic (exact) mass is 256 g/mol. The predicted octanol–water partition coefficient (Wildman–Crippen LogP) is 1.95. The van der Waals surface area contributed by atoms with Crippen molar-refractivity contribution in [1.82, 2.24) is 9.55 Å². The zero-order valence-electron chi connectivity index (χ0n) is 7.21. The minimum absolute atomic E-state index is 0.166. The highest BCUT2D eigenvalue weighted by atomic mass is 35.6. The molecule has 0 N–H and O–H groups in total. The maximum atomic E-state index is 11.3. The van der Waals surface area contributed by atoms with E-state index in [-0.39, 0.29) is 12.4 Å². The van der Waals surface area contributed by atoms with Crippen LogP contribution in [0.4, 0.5) is 0 Å². The Kier molecular flexibility index (Phi) is 3.64. The number of carbonyl (C=O) groups excluding carboxylic acids is 1. The summed E-state index contributed by atoms with van der Waals surface area (Å²) in [5.74, 6) is -0.455. The number of alkyl halides is 3. The summed E-state index contributed by atoms with van der Waals surface area (Å²) in [6, 6.07) is 0. The molecule has 0 amide bonds. The summed E-state index contributed by atoms with van der Waals surface area (Å²) in [5, 5.41) is 0. The van der Waals surface area contributed by atoms with Crippen LogP contribution in [0.25, 0.3) is 0 Å². The molecule has 0 aromatic carbocycles. The van der Waals surface area contributed by atoms with Crippen LogP contribution in [0.3, 0.4) is 0 Å². The summed E-state index contributed by atoms with van der Waals surface area (Å²) in [4.78, 5) is 15.1. The largest absolute Gasteiger partial charge is 0.455 e. The van der Waals surface area contributed by atoms with Gasteiger partial charge in [-0.2, -0.15) is 0 Å². The standard InChI is InChI=1S/C7H7Cl3N2O2/c1-12-3-2-11-5(12)6(13)14-4-7(8,9)10/h2-3H,4H2,1H3. The molecule has 0 fully saturated rings. The second-order valence-corrected chi connectivity index (χ2v) is 5.07. The summed E-state index contributed by atoms with van der Waals surface area (Å²) in [6.07, 6.45) is 3.10. The van der Waals surface area contributed by atoms with Gasteiger partial charge in [-0.15, -0.1) is 0 Å². The maximum Gasteiger partial charge on any atom is 0.374 e. The van der Waals surface area contributed by atoms with E-state index in [1.165, 1.54) is 10.8 Å². The summed E-state index contributed by atoms with van der Waals surface area (Å²) < 4.78 is 4.63. The number of imidazole rings is 1. The lowest BCUT2D eigenvalue weighted by Gasteiger charge is -2.10. The lowest BCUT2D eigenvalue weighted by Crippen LogP contribution is -2.19. The highest BCUT2D eigenvalue weighted by molar-refractivity contribution is 6.67. The van der Waals surface area contributed by atoms with Crippen molar-refractivity contribution in [1.29, 1.82) is 0 Å². The summed E-state index contributed by atoms with van der Waals surface area (Å²) in [6.45, 7) is -0.302. The lowest BCUT2D eigenvalue weighted by molar-refractivity contribution is 0.0493. The third kappa shape index (κ3) is 3.36. The number of esters is 1. The molecule has 78 valence electrons. The first-order valence-corrected chi connectivity index (χ1v) is 4.75. The quantitative estimate of drug-likeness (QED) is 0.601. The average Bonchev–Trinajstić information content (AvgIpc) is 2.46. The Morgan fingerprint density at radius 3 is 2.71 bits per heavy atom. The zero-order valence-corrected chi connectivity index (χ0v) is 9.47. The fourth-order valence-corrected chi connectivity index (χ4v) is 0.938. The smallest absolute Gasteiger partial charge is 0.374 e. The highest BCUT2D eigenvalue weighted by Gasteiger charge is 2.23. The molecule has 0 radical (unpaired) electrons. The molecule has 7 heteroatoms. The van der Waals surface area contributed by atoms with Crippen LogP contribution in [0.2, 0.25) is 0 Å². The van der Waals surface area contributed by atoms with Crippen LogP contribution in [0.15, 0.2) is 12.4 Å². The van der Waals surface area contributed by atoms with Crippen molar-refractivity contribution < 1.29 is 9.53 Å². The molecule has 0 spiro atoms. The molecule has 0 atom stereocenters. The third-order valence-electron chi connectivity index (χ3n) is 1.37. The molecule has 0 saturated carbocycles. The van der Waals surface area contributed by atoms with E-state index >= 15 is 0 Å². The van der Waals surface area contributed by atoms with E-state index in [1.54, 1.807) is 13.2 Å². The number of hydrogen-bond acceptors (Lipinski definition) is 3. The van der Waals surface area contributed by atoms with Gasteiger partial charge in [-0.1, -0.05) is 34.8 Å². The molecule has 0 aliphatic carbocycles. The summed E-state index contributed by atoms with van der Waals surface area (Å²) in [7, 11) is 1.67. The first kappa shape index (κ1) is 11.6. The lowest BCUT2D eigenvalue weighted by atomic mass is 10.6. The topological polar surface area (TPSA) is 44.1 Å². The Hall–Kier alpha value is -0.450. The average molecular weight is 258 g/mol.